The summed E-state index contributed by atoms with van der Waals surface area (Å²) in [4.78, 5) is 28.1. The molecule has 1 saturated heterocycles. The largest absolute Gasteiger partial charge is 0.327 e. The number of fused-ring (bicyclic) bond motifs is 13. The number of nitrogens with two attached hydrogens (primary N) is 1. The smallest absolute Gasteiger partial charge is 0.196 e. The zero-order valence-corrected chi connectivity index (χ0v) is 32.0. The Kier molecular flexibility index (Phi) is 6.02. The molecular formula is C48H41N9. The summed E-state index contributed by atoms with van der Waals surface area (Å²) >= 11 is 0. The second kappa shape index (κ2) is 10.7. The van der Waals surface area contributed by atoms with Crippen LogP contribution < -0.4 is 22.0 Å². The van der Waals surface area contributed by atoms with Gasteiger partial charge in [-0.1, -0.05) is 121 Å². The molecule has 3 N–H and O–H groups in total. The Morgan fingerprint density at radius 2 is 1.56 bits per heavy atom. The topological polar surface area (TPSA) is 98.9 Å². The number of nitrogens with zero attached hydrogens (tertiary/aromatic N) is 7. The van der Waals surface area contributed by atoms with Crippen molar-refractivity contribution in [1.29, 1.82) is 0 Å². The van der Waals surface area contributed by atoms with Gasteiger partial charge in [0.25, 0.3) is 0 Å². The van der Waals surface area contributed by atoms with Gasteiger partial charge in [0.1, 0.15) is 34.8 Å². The van der Waals surface area contributed by atoms with E-state index in [0.29, 0.717) is 0 Å². The van der Waals surface area contributed by atoms with Gasteiger partial charge >= 0.3 is 0 Å². The van der Waals surface area contributed by atoms with E-state index in [4.69, 9.17) is 25.7 Å². The van der Waals surface area contributed by atoms with Crippen LogP contribution in [0.4, 0.5) is 0 Å². The van der Waals surface area contributed by atoms with E-state index in [2.05, 4.69) is 168 Å². The summed E-state index contributed by atoms with van der Waals surface area (Å²) in [5.74, 6) is -0.411. The summed E-state index contributed by atoms with van der Waals surface area (Å²) < 4.78 is 2.49. The molecule has 0 radical (unpaired) electrons. The molecule has 1 aromatic heterocycles. The Bertz CT molecular complexity index is 3000. The number of rotatable bonds is 1. The van der Waals surface area contributed by atoms with E-state index in [1.54, 1.807) is 0 Å². The van der Waals surface area contributed by atoms with Gasteiger partial charge < -0.3 is 10.6 Å². The van der Waals surface area contributed by atoms with E-state index in [1.807, 2.05) is 6.20 Å². The second-order valence-corrected chi connectivity index (χ2v) is 16.9. The first-order valence-electron chi connectivity index (χ1n) is 20.2. The lowest BCUT2D eigenvalue weighted by atomic mass is 9.76. The molecule has 8 atom stereocenters. The van der Waals surface area contributed by atoms with Crippen LogP contribution in [0.3, 0.4) is 0 Å². The number of amidine groups is 1. The van der Waals surface area contributed by atoms with Crippen molar-refractivity contribution in [3.63, 3.8) is 0 Å². The van der Waals surface area contributed by atoms with Crippen molar-refractivity contribution < 1.29 is 0 Å². The highest BCUT2D eigenvalue weighted by atomic mass is 15.7. The summed E-state index contributed by atoms with van der Waals surface area (Å²) in [6.45, 7) is 4.38. The number of aromatic nitrogens is 1. The van der Waals surface area contributed by atoms with E-state index < -0.39 is 23.3 Å². The number of allylic oxidation sites excluding steroid dienone is 3. The van der Waals surface area contributed by atoms with Crippen molar-refractivity contribution in [1.82, 2.24) is 19.7 Å². The quantitative estimate of drug-likeness (QED) is 0.212. The molecule has 2 aliphatic carbocycles. The number of aliphatic imine (C=N–C) groups is 2. The van der Waals surface area contributed by atoms with Gasteiger partial charge in [-0.2, -0.15) is 0 Å². The molecule has 9 nitrogen and oxygen atoms in total. The molecular weight excluding hydrogens is 703 g/mol. The summed E-state index contributed by atoms with van der Waals surface area (Å²) in [7, 11) is 2.23. The number of aryl methyl sites for hydroxylation is 1. The highest BCUT2D eigenvalue weighted by Gasteiger charge is 2.72. The SMILES string of the molecule is CC1=NC2C3CC=CC=C3C34C=CN=C5c6ccccc6/C6=C/C(c7ccccc7C)C7(N)NC(N=c8c9ccccc9c(n8C(C56)(N1C)N23)=N4)c1ccccc17. The number of benzene rings is 4. The average molecular weight is 744 g/mol. The monoisotopic (exact) mass is 743 g/mol. The molecule has 8 unspecified atom stereocenters. The van der Waals surface area contributed by atoms with Gasteiger partial charge in [-0.25, -0.2) is 14.9 Å². The first kappa shape index (κ1) is 32.1. The Hall–Kier alpha value is -6.00. The molecule has 0 amide bonds. The predicted octanol–water partition coefficient (Wildman–Crippen LogP) is 6.26. The molecule has 9 heteroatoms. The Morgan fingerprint density at radius 3 is 2.40 bits per heavy atom. The van der Waals surface area contributed by atoms with Gasteiger partial charge in [0.05, 0.1) is 11.6 Å². The zero-order chi connectivity index (χ0) is 38.0. The fraction of sp³-hybridized carbons (Fsp3) is 0.250. The molecule has 57 heavy (non-hydrogen) atoms. The number of hydrogen-bond donors (Lipinski definition) is 2. The molecule has 4 aromatic carbocycles. The fourth-order valence-electron chi connectivity index (χ4n) is 12.0. The van der Waals surface area contributed by atoms with E-state index in [1.165, 1.54) is 27.8 Å². The lowest BCUT2D eigenvalue weighted by Gasteiger charge is -2.61. The van der Waals surface area contributed by atoms with Crippen molar-refractivity contribution in [3.05, 3.63) is 184 Å². The Labute approximate surface area is 330 Å². The van der Waals surface area contributed by atoms with E-state index in [0.717, 1.165) is 56.4 Å². The minimum absolute atomic E-state index is 0.132. The zero-order valence-electron chi connectivity index (χ0n) is 32.0. The second-order valence-electron chi connectivity index (χ2n) is 16.9. The van der Waals surface area contributed by atoms with E-state index in [9.17, 15) is 0 Å². The lowest BCUT2D eigenvalue weighted by molar-refractivity contribution is -0.159. The van der Waals surface area contributed by atoms with Gasteiger partial charge in [0, 0.05) is 41.4 Å². The number of nitrogens with one attached hydrogen (secondary N) is 1. The third-order valence-corrected chi connectivity index (χ3v) is 14.4. The molecule has 6 aliphatic heterocycles. The van der Waals surface area contributed by atoms with Crippen LogP contribution in [0.25, 0.3) is 16.3 Å². The van der Waals surface area contributed by atoms with Gasteiger partial charge in [-0.05, 0) is 65.3 Å². The van der Waals surface area contributed by atoms with Gasteiger partial charge in [-0.15, -0.1) is 0 Å². The highest BCUT2D eigenvalue weighted by molar-refractivity contribution is 6.18. The first-order valence-corrected chi connectivity index (χ1v) is 20.2. The summed E-state index contributed by atoms with van der Waals surface area (Å²) in [5, 5.41) is 6.12. The molecule has 13 rings (SSSR count). The third kappa shape index (κ3) is 3.64. The molecule has 0 saturated carbocycles. The normalized spacial score (nSPS) is 34.2. The first-order chi connectivity index (χ1) is 27.9. The van der Waals surface area contributed by atoms with Crippen LogP contribution >= 0.6 is 0 Å². The molecule has 8 aliphatic rings. The Morgan fingerprint density at radius 1 is 0.825 bits per heavy atom. The Balaban J connectivity index is 1.29. The van der Waals surface area contributed by atoms with Crippen LogP contribution in [-0.4, -0.2) is 44.8 Å². The average Bonchev–Trinajstić information content (AvgIpc) is 3.90. The molecule has 7 heterocycles. The summed E-state index contributed by atoms with van der Waals surface area (Å²) in [6, 6.07) is 34.8. The van der Waals surface area contributed by atoms with Crippen LogP contribution in [0, 0.1) is 18.8 Å². The molecule has 278 valence electrons. The standard InChI is InChI=1S/C48H41N9/c1-27-14-4-5-15-29(27)39-26-36-30-16-6-7-17-31(30)41-40(36)48-55(3)28(2)51-44-35-21-11-12-22-37(35)46(57(44)48,24-25-50-41)54-45-33-19-9-8-18-32(33)43(56(45)48)52-42-34-20-10-13-23-38(34)47(39,49)53-42/h4-20,22-26,35,39-40,42,44,53H,21,49H2,1-3H3/b25-24?,36-26-,50-41?,52-43?. The third-order valence-electron chi connectivity index (χ3n) is 14.4. The van der Waals surface area contributed by atoms with Crippen LogP contribution in [0.1, 0.15) is 58.8 Å². The molecule has 5 aromatic rings. The van der Waals surface area contributed by atoms with Crippen molar-refractivity contribution >= 4 is 27.9 Å². The van der Waals surface area contributed by atoms with Crippen LogP contribution in [0.15, 0.2) is 159 Å². The van der Waals surface area contributed by atoms with Crippen LogP contribution in [-0.2, 0) is 11.4 Å². The molecule has 1 spiro atoms. The van der Waals surface area contributed by atoms with E-state index in [-0.39, 0.29) is 23.9 Å². The van der Waals surface area contributed by atoms with E-state index >= 15 is 0 Å². The van der Waals surface area contributed by atoms with Crippen LogP contribution in [0.5, 0.6) is 0 Å². The summed E-state index contributed by atoms with van der Waals surface area (Å²) in [6.07, 6.45) is 13.8. The minimum Gasteiger partial charge on any atom is -0.327 e. The molecule has 4 bridgehead atoms. The molecule has 1 fully saturated rings. The fourth-order valence-corrected chi connectivity index (χ4v) is 12.0. The predicted molar refractivity (Wildman–Crippen MR) is 222 cm³/mol. The maximum atomic E-state index is 7.99. The van der Waals surface area contributed by atoms with Crippen LogP contribution in [0.2, 0.25) is 0 Å². The van der Waals surface area contributed by atoms with Gasteiger partial charge in [-0.3, -0.25) is 19.9 Å². The highest BCUT2D eigenvalue weighted by Crippen LogP contribution is 2.62. The number of hydrogen-bond acceptors (Lipinski definition) is 8. The summed E-state index contributed by atoms with van der Waals surface area (Å²) in [5.41, 5.74) is 18.2. The van der Waals surface area contributed by atoms with Crippen molar-refractivity contribution in [2.24, 2.45) is 37.5 Å². The van der Waals surface area contributed by atoms with Crippen molar-refractivity contribution in [2.75, 3.05) is 7.05 Å². The maximum Gasteiger partial charge on any atom is 0.196 e. The van der Waals surface area contributed by atoms with Gasteiger partial charge in [0.15, 0.2) is 11.4 Å². The van der Waals surface area contributed by atoms with Gasteiger partial charge in [0.2, 0.25) is 0 Å². The lowest BCUT2D eigenvalue weighted by Crippen LogP contribution is -2.78. The van der Waals surface area contributed by atoms with Crippen molar-refractivity contribution in [3.8, 4) is 0 Å². The maximum absolute atomic E-state index is 7.99. The minimum atomic E-state index is -1.00. The van der Waals surface area contributed by atoms with Crippen molar-refractivity contribution in [2.45, 2.75) is 55.6 Å².